The van der Waals surface area contributed by atoms with Crippen LogP contribution < -0.4 is 4.90 Å². The molecule has 2 amide bonds. The molecule has 0 saturated carbocycles. The number of anilines is 1. The fraction of sp³-hybridized carbons (Fsp3) is 0.364. The largest absolute Gasteiger partial charge is 0.591 e. The molecule has 11 heteroatoms. The second-order valence-electron chi connectivity index (χ2n) is 4.90. The summed E-state index contributed by atoms with van der Waals surface area (Å²) < 4.78 is 15.0. The van der Waals surface area contributed by atoms with Crippen LogP contribution in [0.15, 0.2) is 10.6 Å². The zero-order chi connectivity index (χ0) is 17.1. The molecule has 0 aliphatic rings. The molecule has 22 heavy (non-hydrogen) atoms. The number of halogens is 1. The number of carboxylic acid groups (broad SMARTS) is 2. The minimum absolute atomic E-state index is 0.00846. The fourth-order valence-corrected chi connectivity index (χ4v) is 1.73. The summed E-state index contributed by atoms with van der Waals surface area (Å²) in [5.41, 5.74) is -0.0447. The first-order valence-electron chi connectivity index (χ1n) is 5.78. The van der Waals surface area contributed by atoms with Crippen molar-refractivity contribution in [3.05, 3.63) is 16.9 Å². The van der Waals surface area contributed by atoms with Crippen molar-refractivity contribution in [2.45, 2.75) is 25.5 Å². The third-order valence-electron chi connectivity index (χ3n) is 2.14. The maximum Gasteiger partial charge on any atom is 0.424 e. The van der Waals surface area contributed by atoms with Gasteiger partial charge in [-0.2, -0.15) is 0 Å². The predicted molar refractivity (Wildman–Crippen MR) is 81.1 cm³/mol. The Labute approximate surface area is 134 Å². The maximum absolute atomic E-state index is 11.8. The molecule has 0 unspecified atom stereocenters. The van der Waals surface area contributed by atoms with Crippen LogP contribution in [0, 0.1) is 0 Å². The molecule has 9 nitrogen and oxygen atoms in total. The molecule has 0 radical (unpaired) electrons. The first-order chi connectivity index (χ1) is 10.0. The Hall–Kier alpha value is -1.91. The van der Waals surface area contributed by atoms with Gasteiger partial charge in [-0.05, 0) is 20.8 Å². The SMILES string of the molecule is CC(C)(C)[S@+]([O-])N=Cc1nc(N(C(=O)O)C(=O)O)ncc1Cl. The van der Waals surface area contributed by atoms with Gasteiger partial charge in [0.05, 0.1) is 11.2 Å². The maximum atomic E-state index is 11.8. The summed E-state index contributed by atoms with van der Waals surface area (Å²) in [4.78, 5) is 28.9. The summed E-state index contributed by atoms with van der Waals surface area (Å²) in [7, 11) is 0. The molecular weight excluding hydrogens is 336 g/mol. The van der Waals surface area contributed by atoms with Gasteiger partial charge in [-0.15, -0.1) is 4.90 Å². The van der Waals surface area contributed by atoms with Crippen molar-refractivity contribution in [3.63, 3.8) is 0 Å². The van der Waals surface area contributed by atoms with Crippen LogP contribution in [0.2, 0.25) is 5.02 Å². The Morgan fingerprint density at radius 1 is 1.41 bits per heavy atom. The van der Waals surface area contributed by atoms with Crippen molar-refractivity contribution < 1.29 is 24.4 Å². The van der Waals surface area contributed by atoms with Gasteiger partial charge in [-0.1, -0.05) is 16.0 Å². The third-order valence-corrected chi connectivity index (χ3v) is 3.77. The van der Waals surface area contributed by atoms with Crippen LogP contribution in [0.25, 0.3) is 0 Å². The number of nitrogens with zero attached hydrogens (tertiary/aromatic N) is 4. The van der Waals surface area contributed by atoms with Crippen molar-refractivity contribution >= 4 is 47.3 Å². The summed E-state index contributed by atoms with van der Waals surface area (Å²) in [5, 5.41) is 17.7. The Morgan fingerprint density at radius 2 is 1.95 bits per heavy atom. The van der Waals surface area contributed by atoms with E-state index in [1.54, 1.807) is 20.8 Å². The summed E-state index contributed by atoms with van der Waals surface area (Å²) in [6, 6.07) is 0. The van der Waals surface area contributed by atoms with Gasteiger partial charge in [-0.25, -0.2) is 19.6 Å². The van der Waals surface area contributed by atoms with Gasteiger partial charge >= 0.3 is 12.2 Å². The monoisotopic (exact) mass is 348 g/mol. The van der Waals surface area contributed by atoms with Crippen LogP contribution in [0.5, 0.6) is 0 Å². The minimum atomic E-state index is -1.77. The average Bonchev–Trinajstić information content (AvgIpc) is 2.36. The summed E-state index contributed by atoms with van der Waals surface area (Å²) >= 11 is 4.25. The molecule has 1 aromatic rings. The van der Waals surface area contributed by atoms with Crippen molar-refractivity contribution in [1.82, 2.24) is 9.97 Å². The number of hydrogen-bond acceptors (Lipinski definition) is 6. The first kappa shape index (κ1) is 18.1. The second-order valence-corrected chi connectivity index (χ2v) is 7.24. The lowest BCUT2D eigenvalue weighted by Gasteiger charge is -2.17. The zero-order valence-electron chi connectivity index (χ0n) is 11.8. The topological polar surface area (TPSA) is 139 Å². The van der Waals surface area contributed by atoms with E-state index in [9.17, 15) is 14.1 Å². The van der Waals surface area contributed by atoms with E-state index >= 15 is 0 Å². The van der Waals surface area contributed by atoms with Crippen LogP contribution in [-0.2, 0) is 11.4 Å². The lowest BCUT2D eigenvalue weighted by atomic mass is 10.3. The highest BCUT2D eigenvalue weighted by molar-refractivity contribution is 7.91. The molecule has 1 rings (SSSR count). The molecule has 1 atom stereocenters. The summed E-state index contributed by atoms with van der Waals surface area (Å²) in [6.07, 6.45) is -1.42. The average molecular weight is 349 g/mol. The number of hydrogen-bond donors (Lipinski definition) is 2. The Morgan fingerprint density at radius 3 is 2.41 bits per heavy atom. The molecule has 1 heterocycles. The standard InChI is InChI=1S/C11H13ClN4O5S/c1-11(2,3)22(21)14-5-7-6(12)4-13-8(15-7)16(9(17)18)10(19)20/h4-5H,1-3H3,(H,17,18)(H,19,20)/t22-/m0/s1. The van der Waals surface area contributed by atoms with Gasteiger partial charge in [0.15, 0.2) is 0 Å². The molecule has 0 aliphatic heterocycles. The van der Waals surface area contributed by atoms with Crippen LogP contribution in [-0.4, -0.2) is 47.9 Å². The van der Waals surface area contributed by atoms with Gasteiger partial charge in [-0.3, -0.25) is 0 Å². The van der Waals surface area contributed by atoms with Crippen molar-refractivity contribution in [3.8, 4) is 0 Å². The molecule has 0 aliphatic carbocycles. The van der Waals surface area contributed by atoms with Gasteiger partial charge in [0.2, 0.25) is 5.95 Å². The first-order valence-corrected chi connectivity index (χ1v) is 7.27. The zero-order valence-corrected chi connectivity index (χ0v) is 13.4. The molecule has 120 valence electrons. The molecular formula is C11H13ClN4O5S. The van der Waals surface area contributed by atoms with Crippen molar-refractivity contribution in [2.75, 3.05) is 4.90 Å². The highest BCUT2D eigenvalue weighted by Crippen LogP contribution is 2.19. The molecule has 0 aromatic carbocycles. The second kappa shape index (κ2) is 6.90. The van der Waals surface area contributed by atoms with E-state index in [2.05, 4.69) is 14.4 Å². The smallest absolute Gasteiger partial charge is 0.424 e. The number of rotatable bonds is 3. The van der Waals surface area contributed by atoms with Gasteiger partial charge < -0.3 is 14.8 Å². The van der Waals surface area contributed by atoms with E-state index in [4.69, 9.17) is 21.8 Å². The molecule has 0 saturated heterocycles. The van der Waals surface area contributed by atoms with E-state index in [-0.39, 0.29) is 15.6 Å². The lowest BCUT2D eigenvalue weighted by molar-refractivity contribution is 0.183. The molecule has 2 N–H and O–H groups in total. The van der Waals surface area contributed by atoms with E-state index < -0.39 is 34.2 Å². The fourth-order valence-electron chi connectivity index (χ4n) is 1.08. The van der Waals surface area contributed by atoms with Crippen LogP contribution in [0.3, 0.4) is 0 Å². The van der Waals surface area contributed by atoms with Gasteiger partial charge in [0.1, 0.15) is 28.0 Å². The lowest BCUT2D eigenvalue weighted by Crippen LogP contribution is -2.36. The van der Waals surface area contributed by atoms with Crippen molar-refractivity contribution in [2.24, 2.45) is 4.40 Å². The normalized spacial score (nSPS) is 13.1. The van der Waals surface area contributed by atoms with E-state index in [1.807, 2.05) is 0 Å². The molecule has 1 aromatic heterocycles. The Balaban J connectivity index is 3.18. The van der Waals surface area contributed by atoms with E-state index in [0.717, 1.165) is 12.4 Å². The summed E-state index contributed by atoms with van der Waals surface area (Å²) in [5.74, 6) is -0.604. The van der Waals surface area contributed by atoms with E-state index in [0.29, 0.717) is 0 Å². The number of amides is 2. The Kier molecular flexibility index (Phi) is 5.69. The molecule has 0 bridgehead atoms. The minimum Gasteiger partial charge on any atom is -0.591 e. The highest BCUT2D eigenvalue weighted by Gasteiger charge is 2.27. The van der Waals surface area contributed by atoms with Gasteiger partial charge in [0.25, 0.3) is 0 Å². The number of aromatic nitrogens is 2. The number of carbonyl (C=O) groups is 2. The molecule has 0 fully saturated rings. The van der Waals surface area contributed by atoms with Crippen LogP contribution in [0.1, 0.15) is 26.5 Å². The quantitative estimate of drug-likeness (QED) is 0.630. The molecule has 0 spiro atoms. The number of imide groups is 1. The van der Waals surface area contributed by atoms with Crippen LogP contribution in [0.4, 0.5) is 15.5 Å². The summed E-state index contributed by atoms with van der Waals surface area (Å²) in [6.45, 7) is 5.14. The van der Waals surface area contributed by atoms with Crippen LogP contribution >= 0.6 is 11.6 Å². The highest BCUT2D eigenvalue weighted by atomic mass is 35.5. The third kappa shape index (κ3) is 4.55. The predicted octanol–water partition coefficient (Wildman–Crippen LogP) is 2.17. The Bertz CT molecular complexity index is 605. The van der Waals surface area contributed by atoms with E-state index in [1.165, 1.54) is 0 Å². The van der Waals surface area contributed by atoms with Crippen molar-refractivity contribution in [1.29, 1.82) is 0 Å². The van der Waals surface area contributed by atoms with Gasteiger partial charge in [0, 0.05) is 0 Å².